The quantitative estimate of drug-likeness (QED) is 0.576. The summed E-state index contributed by atoms with van der Waals surface area (Å²) in [5.41, 5.74) is 3.23. The highest BCUT2D eigenvalue weighted by Gasteiger charge is 2.19. The Bertz CT molecular complexity index is 688. The van der Waals surface area contributed by atoms with Gasteiger partial charge in [0.1, 0.15) is 5.82 Å². The number of halogens is 1. The van der Waals surface area contributed by atoms with E-state index < -0.39 is 0 Å². The van der Waals surface area contributed by atoms with Crippen molar-refractivity contribution in [2.75, 3.05) is 0 Å². The van der Waals surface area contributed by atoms with E-state index in [0.717, 1.165) is 42.4 Å². The van der Waals surface area contributed by atoms with Crippen molar-refractivity contribution in [3.8, 4) is 11.3 Å². The number of benzene rings is 1. The zero-order valence-corrected chi connectivity index (χ0v) is 16.2. The van der Waals surface area contributed by atoms with Gasteiger partial charge in [-0.1, -0.05) is 58.4 Å². The molecule has 1 aromatic heterocycles. The SMILES string of the molecule is CCCc1ccc(-c2ccc(CC[C@H]3CC[C@H](CC)CC3)cc2F)nn1. The highest BCUT2D eigenvalue weighted by Crippen LogP contribution is 2.33. The molecule has 2 aromatic rings. The van der Waals surface area contributed by atoms with Gasteiger partial charge >= 0.3 is 0 Å². The summed E-state index contributed by atoms with van der Waals surface area (Å²) in [5, 5.41) is 8.40. The Morgan fingerprint density at radius 1 is 0.923 bits per heavy atom. The van der Waals surface area contributed by atoms with Crippen LogP contribution < -0.4 is 0 Å². The van der Waals surface area contributed by atoms with Gasteiger partial charge in [0.05, 0.1) is 11.4 Å². The molecule has 3 heteroatoms. The molecule has 3 rings (SSSR count). The Labute approximate surface area is 157 Å². The topological polar surface area (TPSA) is 25.8 Å². The molecule has 0 atom stereocenters. The maximum absolute atomic E-state index is 14.6. The van der Waals surface area contributed by atoms with Crippen molar-refractivity contribution < 1.29 is 4.39 Å². The third kappa shape index (κ3) is 4.90. The second-order valence-corrected chi connectivity index (χ2v) is 7.81. The van der Waals surface area contributed by atoms with Gasteiger partial charge in [0, 0.05) is 5.56 Å². The average Bonchev–Trinajstić information content (AvgIpc) is 2.68. The summed E-state index contributed by atoms with van der Waals surface area (Å²) < 4.78 is 14.6. The van der Waals surface area contributed by atoms with Crippen molar-refractivity contribution in [3.05, 3.63) is 47.4 Å². The first-order valence-electron chi connectivity index (χ1n) is 10.3. The Morgan fingerprint density at radius 2 is 1.69 bits per heavy atom. The summed E-state index contributed by atoms with van der Waals surface area (Å²) in [6.45, 7) is 4.42. The minimum absolute atomic E-state index is 0.185. The number of hydrogen-bond acceptors (Lipinski definition) is 2. The van der Waals surface area contributed by atoms with Gasteiger partial charge in [-0.3, -0.25) is 0 Å². The lowest BCUT2D eigenvalue weighted by molar-refractivity contribution is 0.259. The van der Waals surface area contributed by atoms with E-state index in [1.807, 2.05) is 18.2 Å². The first kappa shape index (κ1) is 19.0. The Kier molecular flexibility index (Phi) is 6.76. The van der Waals surface area contributed by atoms with Gasteiger partial charge in [0.15, 0.2) is 0 Å². The summed E-state index contributed by atoms with van der Waals surface area (Å²) in [4.78, 5) is 0. The van der Waals surface area contributed by atoms with Crippen molar-refractivity contribution in [1.29, 1.82) is 0 Å². The molecule has 1 heterocycles. The fourth-order valence-corrected chi connectivity index (χ4v) is 4.11. The van der Waals surface area contributed by atoms with Crippen LogP contribution in [0.5, 0.6) is 0 Å². The Hall–Kier alpha value is -1.77. The largest absolute Gasteiger partial charge is 0.206 e. The molecule has 0 spiro atoms. The molecule has 0 N–H and O–H groups in total. The highest BCUT2D eigenvalue weighted by atomic mass is 19.1. The average molecular weight is 355 g/mol. The molecule has 0 radical (unpaired) electrons. The lowest BCUT2D eigenvalue weighted by Crippen LogP contribution is -2.14. The van der Waals surface area contributed by atoms with E-state index in [-0.39, 0.29) is 5.82 Å². The first-order chi connectivity index (χ1) is 12.7. The zero-order chi connectivity index (χ0) is 18.4. The van der Waals surface area contributed by atoms with E-state index in [1.165, 1.54) is 38.5 Å². The van der Waals surface area contributed by atoms with Gasteiger partial charge in [-0.05, 0) is 60.9 Å². The van der Waals surface area contributed by atoms with Crippen LogP contribution in [0.4, 0.5) is 4.39 Å². The molecule has 140 valence electrons. The molecule has 0 saturated heterocycles. The molecule has 2 nitrogen and oxygen atoms in total. The second kappa shape index (κ2) is 9.25. The normalized spacial score (nSPS) is 20.3. The zero-order valence-electron chi connectivity index (χ0n) is 16.2. The molecule has 0 aliphatic heterocycles. The summed E-state index contributed by atoms with van der Waals surface area (Å²) >= 11 is 0. The van der Waals surface area contributed by atoms with Crippen LogP contribution in [0.15, 0.2) is 30.3 Å². The van der Waals surface area contributed by atoms with Crippen LogP contribution in [0.2, 0.25) is 0 Å². The molecule has 0 bridgehead atoms. The highest BCUT2D eigenvalue weighted by molar-refractivity contribution is 5.59. The van der Waals surface area contributed by atoms with E-state index in [4.69, 9.17) is 0 Å². The van der Waals surface area contributed by atoms with Gasteiger partial charge in [0.25, 0.3) is 0 Å². The maximum Gasteiger partial charge on any atom is 0.132 e. The molecule has 26 heavy (non-hydrogen) atoms. The fourth-order valence-electron chi connectivity index (χ4n) is 4.11. The van der Waals surface area contributed by atoms with Crippen molar-refractivity contribution in [3.63, 3.8) is 0 Å². The maximum atomic E-state index is 14.6. The van der Waals surface area contributed by atoms with Crippen LogP contribution in [0, 0.1) is 17.7 Å². The lowest BCUT2D eigenvalue weighted by Gasteiger charge is -2.27. The van der Waals surface area contributed by atoms with E-state index >= 15 is 0 Å². The van der Waals surface area contributed by atoms with E-state index in [0.29, 0.717) is 11.3 Å². The Morgan fingerprint density at radius 3 is 2.31 bits per heavy atom. The fraction of sp³-hybridized carbons (Fsp3) is 0.565. The predicted molar refractivity (Wildman–Crippen MR) is 105 cm³/mol. The molecule has 1 saturated carbocycles. The van der Waals surface area contributed by atoms with Gasteiger partial charge in [0.2, 0.25) is 0 Å². The lowest BCUT2D eigenvalue weighted by atomic mass is 9.78. The number of aromatic nitrogens is 2. The molecule has 1 aliphatic carbocycles. The van der Waals surface area contributed by atoms with Crippen LogP contribution in [0.25, 0.3) is 11.3 Å². The summed E-state index contributed by atoms with van der Waals surface area (Å²) in [5.74, 6) is 1.57. The minimum atomic E-state index is -0.185. The molecule has 0 unspecified atom stereocenters. The summed E-state index contributed by atoms with van der Waals surface area (Å²) in [6, 6.07) is 9.43. The molecular weight excluding hydrogens is 323 g/mol. The van der Waals surface area contributed by atoms with Crippen molar-refractivity contribution in [1.82, 2.24) is 10.2 Å². The monoisotopic (exact) mass is 354 g/mol. The van der Waals surface area contributed by atoms with E-state index in [1.54, 1.807) is 6.07 Å². The second-order valence-electron chi connectivity index (χ2n) is 7.81. The van der Waals surface area contributed by atoms with Gasteiger partial charge in [-0.2, -0.15) is 10.2 Å². The summed E-state index contributed by atoms with van der Waals surface area (Å²) in [6.07, 6.45) is 10.9. The third-order valence-corrected chi connectivity index (χ3v) is 5.92. The number of hydrogen-bond donors (Lipinski definition) is 0. The van der Waals surface area contributed by atoms with Crippen molar-refractivity contribution in [2.24, 2.45) is 11.8 Å². The first-order valence-corrected chi connectivity index (χ1v) is 10.3. The van der Waals surface area contributed by atoms with Gasteiger partial charge < -0.3 is 0 Å². The third-order valence-electron chi connectivity index (χ3n) is 5.92. The number of rotatable bonds is 7. The number of nitrogens with zero attached hydrogens (tertiary/aromatic N) is 2. The smallest absolute Gasteiger partial charge is 0.132 e. The van der Waals surface area contributed by atoms with Crippen molar-refractivity contribution >= 4 is 0 Å². The molecular formula is C23H31FN2. The van der Waals surface area contributed by atoms with Crippen molar-refractivity contribution in [2.45, 2.75) is 71.6 Å². The van der Waals surface area contributed by atoms with Gasteiger partial charge in [-0.15, -0.1) is 0 Å². The minimum Gasteiger partial charge on any atom is -0.206 e. The Balaban J connectivity index is 1.59. The van der Waals surface area contributed by atoms with Crippen LogP contribution in [0.1, 0.15) is 70.1 Å². The molecule has 0 amide bonds. The molecule has 1 fully saturated rings. The predicted octanol–water partition coefficient (Wildman–Crippen LogP) is 6.38. The molecule has 1 aliphatic rings. The van der Waals surface area contributed by atoms with Crippen LogP contribution in [-0.4, -0.2) is 10.2 Å². The molecule has 1 aromatic carbocycles. The number of aryl methyl sites for hydroxylation is 2. The standard InChI is InChI=1S/C23H31FN2/c1-3-5-20-13-15-23(26-25-20)21-14-12-19(16-22(21)24)11-10-18-8-6-17(4-2)7-9-18/h12-18H,3-11H2,1-2H3/t17-,18-. The van der Waals surface area contributed by atoms with Crippen LogP contribution >= 0.6 is 0 Å². The van der Waals surface area contributed by atoms with E-state index in [2.05, 4.69) is 30.1 Å². The van der Waals surface area contributed by atoms with E-state index in [9.17, 15) is 4.39 Å². The van der Waals surface area contributed by atoms with Crippen LogP contribution in [0.3, 0.4) is 0 Å². The van der Waals surface area contributed by atoms with Crippen LogP contribution in [-0.2, 0) is 12.8 Å². The van der Waals surface area contributed by atoms with Gasteiger partial charge in [-0.25, -0.2) is 4.39 Å². The summed E-state index contributed by atoms with van der Waals surface area (Å²) in [7, 11) is 0.